The van der Waals surface area contributed by atoms with E-state index >= 15 is 0 Å². The number of carbonyl (C=O) groups excluding carboxylic acids is 2. The molecule has 0 saturated heterocycles. The van der Waals surface area contributed by atoms with Gasteiger partial charge in [0.15, 0.2) is 0 Å². The second kappa shape index (κ2) is 7.61. The first-order chi connectivity index (χ1) is 12.1. The molecule has 1 heterocycles. The highest BCUT2D eigenvalue weighted by atomic mass is 16.2. The molecule has 2 aromatic rings. The number of carbonyl (C=O) groups is 2. The molecular formula is C19H20N4O2. The summed E-state index contributed by atoms with van der Waals surface area (Å²) in [6.45, 7) is 2.09. The first-order valence-corrected chi connectivity index (χ1v) is 8.23. The van der Waals surface area contributed by atoms with Crippen molar-refractivity contribution in [3.8, 4) is 0 Å². The van der Waals surface area contributed by atoms with Gasteiger partial charge in [0.1, 0.15) is 6.04 Å². The summed E-state index contributed by atoms with van der Waals surface area (Å²) in [4.78, 5) is 28.6. The van der Waals surface area contributed by atoms with Crippen LogP contribution in [0.2, 0.25) is 0 Å². The van der Waals surface area contributed by atoms with E-state index in [0.717, 1.165) is 12.1 Å². The first kappa shape index (κ1) is 16.7. The zero-order valence-corrected chi connectivity index (χ0v) is 14.0. The molecule has 0 aromatic heterocycles. The molecule has 0 saturated carbocycles. The molecule has 0 radical (unpaired) electrons. The molecule has 0 aliphatic carbocycles. The van der Waals surface area contributed by atoms with Crippen LogP contribution in [-0.4, -0.2) is 23.8 Å². The Morgan fingerprint density at radius 2 is 1.84 bits per heavy atom. The lowest BCUT2D eigenvalue weighted by Gasteiger charge is -2.21. The van der Waals surface area contributed by atoms with Crippen LogP contribution < -0.4 is 16.0 Å². The minimum Gasteiger partial charge on any atom is -0.326 e. The summed E-state index contributed by atoms with van der Waals surface area (Å²) in [7, 11) is 0. The molecule has 2 aromatic carbocycles. The molecule has 0 fully saturated rings. The molecule has 6 heteroatoms. The van der Waals surface area contributed by atoms with Crippen LogP contribution >= 0.6 is 0 Å². The number of aryl methyl sites for hydroxylation is 1. The van der Waals surface area contributed by atoms with Crippen molar-refractivity contribution in [3.63, 3.8) is 0 Å². The number of amides is 2. The lowest BCUT2D eigenvalue weighted by Crippen LogP contribution is -2.45. The number of anilines is 2. The summed E-state index contributed by atoms with van der Waals surface area (Å²) in [5.74, 6) is -0.258. The third-order valence-corrected chi connectivity index (χ3v) is 3.89. The molecule has 1 atom stereocenters. The molecule has 1 aliphatic rings. The normalized spacial score (nSPS) is 16.6. The molecule has 0 unspecified atom stereocenters. The monoisotopic (exact) mass is 336 g/mol. The van der Waals surface area contributed by atoms with Crippen LogP contribution in [0, 0.1) is 0 Å². The van der Waals surface area contributed by atoms with Gasteiger partial charge in [0.2, 0.25) is 17.8 Å². The van der Waals surface area contributed by atoms with Crippen molar-refractivity contribution in [3.05, 3.63) is 60.2 Å². The van der Waals surface area contributed by atoms with Crippen LogP contribution in [0.15, 0.2) is 59.6 Å². The van der Waals surface area contributed by atoms with Gasteiger partial charge < -0.3 is 10.6 Å². The van der Waals surface area contributed by atoms with Crippen molar-refractivity contribution in [2.75, 3.05) is 10.6 Å². The van der Waals surface area contributed by atoms with Crippen molar-refractivity contribution in [2.45, 2.75) is 25.8 Å². The van der Waals surface area contributed by atoms with E-state index < -0.39 is 6.04 Å². The molecule has 128 valence electrons. The zero-order chi connectivity index (χ0) is 17.6. The molecule has 1 aliphatic heterocycles. The second-order valence-electron chi connectivity index (χ2n) is 5.78. The Hall–Kier alpha value is -3.15. The van der Waals surface area contributed by atoms with Crippen LogP contribution in [0.3, 0.4) is 0 Å². The minimum atomic E-state index is -0.758. The van der Waals surface area contributed by atoms with E-state index in [1.807, 2.05) is 42.5 Å². The molecule has 2 amide bonds. The number of para-hydroxylation sites is 1. The smallest absolute Gasteiger partial charge is 0.249 e. The maximum Gasteiger partial charge on any atom is 0.249 e. The number of nitrogens with zero attached hydrogens (tertiary/aromatic N) is 1. The van der Waals surface area contributed by atoms with E-state index in [9.17, 15) is 9.59 Å². The largest absolute Gasteiger partial charge is 0.326 e. The van der Waals surface area contributed by atoms with Gasteiger partial charge in [-0.2, -0.15) is 0 Å². The van der Waals surface area contributed by atoms with Crippen LogP contribution in [0.4, 0.5) is 11.4 Å². The SMILES string of the molecule is CCc1ccc(NC2=N[C@@H](C(=O)Nc3ccccc3)CC(=O)N2)cc1. The van der Waals surface area contributed by atoms with E-state index in [1.54, 1.807) is 12.1 Å². The van der Waals surface area contributed by atoms with Gasteiger partial charge in [0.25, 0.3) is 0 Å². The number of guanidine groups is 1. The van der Waals surface area contributed by atoms with Crippen LogP contribution in [0.25, 0.3) is 0 Å². The molecule has 3 rings (SSSR count). The van der Waals surface area contributed by atoms with Gasteiger partial charge in [0, 0.05) is 11.4 Å². The summed E-state index contributed by atoms with van der Waals surface area (Å²) in [6.07, 6.45) is 0.984. The van der Waals surface area contributed by atoms with Gasteiger partial charge in [-0.1, -0.05) is 37.3 Å². The Morgan fingerprint density at radius 1 is 1.12 bits per heavy atom. The third-order valence-electron chi connectivity index (χ3n) is 3.89. The van der Waals surface area contributed by atoms with Gasteiger partial charge in [-0.15, -0.1) is 0 Å². The van der Waals surface area contributed by atoms with E-state index in [4.69, 9.17) is 0 Å². The number of aliphatic imine (C=N–C) groups is 1. The van der Waals surface area contributed by atoms with Crippen molar-refractivity contribution < 1.29 is 9.59 Å². The van der Waals surface area contributed by atoms with Crippen LogP contribution in [-0.2, 0) is 16.0 Å². The highest BCUT2D eigenvalue weighted by molar-refractivity contribution is 6.09. The maximum atomic E-state index is 12.4. The Labute approximate surface area is 146 Å². The zero-order valence-electron chi connectivity index (χ0n) is 14.0. The molecular weight excluding hydrogens is 316 g/mol. The molecule has 0 spiro atoms. The van der Waals surface area contributed by atoms with Gasteiger partial charge in [-0.25, -0.2) is 4.99 Å². The fourth-order valence-corrected chi connectivity index (χ4v) is 2.51. The third kappa shape index (κ3) is 4.44. The Balaban J connectivity index is 1.70. The van der Waals surface area contributed by atoms with E-state index in [0.29, 0.717) is 5.69 Å². The number of rotatable bonds is 4. The summed E-state index contributed by atoms with van der Waals surface area (Å²) < 4.78 is 0. The van der Waals surface area contributed by atoms with Crippen molar-refractivity contribution in [1.82, 2.24) is 5.32 Å². The predicted octanol–water partition coefficient (Wildman–Crippen LogP) is 2.54. The van der Waals surface area contributed by atoms with Crippen molar-refractivity contribution in [1.29, 1.82) is 0 Å². The van der Waals surface area contributed by atoms with Crippen molar-refractivity contribution in [2.24, 2.45) is 4.99 Å². The van der Waals surface area contributed by atoms with E-state index in [2.05, 4.69) is 27.9 Å². The van der Waals surface area contributed by atoms with Gasteiger partial charge in [-0.05, 0) is 36.2 Å². The van der Waals surface area contributed by atoms with Gasteiger partial charge >= 0.3 is 0 Å². The minimum absolute atomic E-state index is 0.0264. The fraction of sp³-hybridized carbons (Fsp3) is 0.211. The van der Waals surface area contributed by atoms with Gasteiger partial charge in [-0.3, -0.25) is 14.9 Å². The highest BCUT2D eigenvalue weighted by Crippen LogP contribution is 2.13. The molecule has 0 bridgehead atoms. The Kier molecular flexibility index (Phi) is 5.09. The second-order valence-corrected chi connectivity index (χ2v) is 5.78. The number of hydrogen-bond acceptors (Lipinski definition) is 4. The Morgan fingerprint density at radius 3 is 2.52 bits per heavy atom. The standard InChI is InChI=1S/C19H20N4O2/c1-2-13-8-10-15(11-9-13)21-19-22-16(12-17(24)23-19)18(25)20-14-6-4-3-5-7-14/h3-11,16H,2,12H2,1H3,(H,20,25)(H2,21,22,23,24)/t16-/m1/s1. The first-order valence-electron chi connectivity index (χ1n) is 8.23. The predicted molar refractivity (Wildman–Crippen MR) is 98.5 cm³/mol. The fourth-order valence-electron chi connectivity index (χ4n) is 2.51. The summed E-state index contributed by atoms with van der Waals surface area (Å²) in [5.41, 5.74) is 2.71. The topological polar surface area (TPSA) is 82.6 Å². The van der Waals surface area contributed by atoms with Crippen LogP contribution in [0.1, 0.15) is 18.9 Å². The lowest BCUT2D eigenvalue weighted by molar-refractivity contribution is -0.124. The molecule has 3 N–H and O–H groups in total. The van der Waals surface area contributed by atoms with Crippen LogP contribution in [0.5, 0.6) is 0 Å². The Bertz CT molecular complexity index is 785. The number of nitrogens with one attached hydrogen (secondary N) is 3. The number of benzene rings is 2. The lowest BCUT2D eigenvalue weighted by atomic mass is 10.1. The molecule has 6 nitrogen and oxygen atoms in total. The van der Waals surface area contributed by atoms with Crippen molar-refractivity contribution >= 4 is 29.1 Å². The average Bonchev–Trinajstić information content (AvgIpc) is 2.63. The maximum absolute atomic E-state index is 12.4. The van der Waals surface area contributed by atoms with E-state index in [1.165, 1.54) is 5.56 Å². The van der Waals surface area contributed by atoms with Gasteiger partial charge in [0.05, 0.1) is 6.42 Å². The van der Waals surface area contributed by atoms with E-state index in [-0.39, 0.29) is 24.2 Å². The summed E-state index contributed by atoms with van der Waals surface area (Å²) in [6, 6.07) is 16.2. The number of hydrogen-bond donors (Lipinski definition) is 3. The quantitative estimate of drug-likeness (QED) is 0.802. The summed E-state index contributed by atoms with van der Waals surface area (Å²) in [5, 5.41) is 8.49. The average molecular weight is 336 g/mol. The highest BCUT2D eigenvalue weighted by Gasteiger charge is 2.27. The summed E-state index contributed by atoms with van der Waals surface area (Å²) >= 11 is 0. The molecule has 25 heavy (non-hydrogen) atoms.